The molecule has 0 aromatic carbocycles. The first-order valence-electron chi connectivity index (χ1n) is 13.5. The Bertz CT molecular complexity index is 1380. The van der Waals surface area contributed by atoms with Crippen LogP contribution in [0.15, 0.2) is 29.8 Å². The van der Waals surface area contributed by atoms with Gasteiger partial charge in [-0.25, -0.2) is 28.4 Å². The number of nitrogens with zero attached hydrogens (tertiary/aromatic N) is 6. The summed E-state index contributed by atoms with van der Waals surface area (Å²) in [5, 5.41) is 4.15. The molecule has 3 aromatic rings. The van der Waals surface area contributed by atoms with Crippen molar-refractivity contribution in [3.05, 3.63) is 24.7 Å². The molecule has 0 saturated carbocycles. The van der Waals surface area contributed by atoms with Crippen LogP contribution in [0, 0.1) is 5.92 Å². The number of aromatic nitrogens is 5. The molecule has 3 aromatic heterocycles. The second-order valence-corrected chi connectivity index (χ2v) is 20.1. The summed E-state index contributed by atoms with van der Waals surface area (Å²) in [6, 6.07) is 3.00. The molecule has 4 heterocycles. The van der Waals surface area contributed by atoms with Gasteiger partial charge in [-0.15, -0.1) is 0 Å². The Kier molecular flexibility index (Phi) is 9.68. The maximum Gasteiger partial charge on any atom is 0.214 e. The van der Waals surface area contributed by atoms with Gasteiger partial charge < -0.3 is 14.6 Å². The van der Waals surface area contributed by atoms with E-state index in [1.54, 1.807) is 16.7 Å². The van der Waals surface area contributed by atoms with Crippen LogP contribution in [0.3, 0.4) is 0 Å². The van der Waals surface area contributed by atoms with Gasteiger partial charge in [0.2, 0.25) is 10.0 Å². The van der Waals surface area contributed by atoms with E-state index < -0.39 is 18.1 Å². The molecule has 0 unspecified atom stereocenters. The monoisotopic (exact) mass is 591 g/mol. The van der Waals surface area contributed by atoms with Gasteiger partial charge in [0, 0.05) is 46.2 Å². The average molecular weight is 592 g/mol. The molecule has 1 aliphatic rings. The minimum atomic E-state index is -3.30. The van der Waals surface area contributed by atoms with Gasteiger partial charge >= 0.3 is 0 Å². The zero-order chi connectivity index (χ0) is 28.2. The van der Waals surface area contributed by atoms with Gasteiger partial charge in [-0.05, 0) is 37.1 Å². The number of piperidine rings is 1. The van der Waals surface area contributed by atoms with Gasteiger partial charge in [-0.3, -0.25) is 0 Å². The Morgan fingerprint density at radius 1 is 1.21 bits per heavy atom. The van der Waals surface area contributed by atoms with Crippen molar-refractivity contribution in [2.45, 2.75) is 70.3 Å². The first-order valence-corrected chi connectivity index (χ1v) is 20.0. The Hall–Kier alpha value is -2.06. The lowest BCUT2D eigenvalue weighted by Crippen LogP contribution is -2.46. The lowest BCUT2D eigenvalue weighted by molar-refractivity contribution is 0.0899. The molecule has 0 amide bonds. The lowest BCUT2D eigenvalue weighted by Gasteiger charge is -2.33. The fourth-order valence-corrected chi connectivity index (χ4v) is 7.50. The highest BCUT2D eigenvalue weighted by Crippen LogP contribution is 2.29. The van der Waals surface area contributed by atoms with Gasteiger partial charge in [-0.2, -0.15) is 4.31 Å². The third-order valence-electron chi connectivity index (χ3n) is 6.58. The Morgan fingerprint density at radius 2 is 2.00 bits per heavy atom. The maximum atomic E-state index is 12.9. The van der Waals surface area contributed by atoms with Crippen LogP contribution in [0.5, 0.6) is 0 Å². The number of rotatable bonds is 12. The SMILES string of the molecule is CSc1ncc(-c2cnc3c(ccn3COCC[Si](C)(C)C)n2)c(N[C@H]2CCCN(S(=O)(=O)CC(C)C)C2)n1. The molecule has 0 radical (unpaired) electrons. The summed E-state index contributed by atoms with van der Waals surface area (Å²) in [6.07, 6.45) is 9.04. The maximum absolute atomic E-state index is 12.9. The van der Waals surface area contributed by atoms with Crippen LogP contribution in [0.4, 0.5) is 5.82 Å². The summed E-state index contributed by atoms with van der Waals surface area (Å²) in [7, 11) is -4.44. The average Bonchev–Trinajstić information content (AvgIpc) is 3.27. The summed E-state index contributed by atoms with van der Waals surface area (Å²) < 4.78 is 35.3. The summed E-state index contributed by atoms with van der Waals surface area (Å²) in [6.45, 7) is 13.0. The minimum Gasteiger partial charge on any atom is -0.365 e. The summed E-state index contributed by atoms with van der Waals surface area (Å²) >= 11 is 1.46. The molecule has 1 atom stereocenters. The van der Waals surface area contributed by atoms with E-state index in [-0.39, 0.29) is 17.7 Å². The molecule has 214 valence electrons. The normalized spacial score (nSPS) is 17.3. The highest BCUT2D eigenvalue weighted by molar-refractivity contribution is 7.98. The number of thioether (sulfide) groups is 1. The standard InChI is InChI=1S/C26H41N7O3S2Si/c1-19(2)17-38(34,35)33-10-7-8-20(16-33)29-24-21(14-28-26(31-24)37-3)23-15-27-25-22(30-23)9-11-32(25)18-36-12-13-39(4,5)6/h9,11,14-15,19-20H,7-8,10,12-13,16-18H2,1-6H3,(H,28,29,31)/t20-/m0/s1. The van der Waals surface area contributed by atoms with Crippen molar-refractivity contribution >= 4 is 46.8 Å². The Morgan fingerprint density at radius 3 is 2.72 bits per heavy atom. The predicted molar refractivity (Wildman–Crippen MR) is 161 cm³/mol. The summed E-state index contributed by atoms with van der Waals surface area (Å²) in [4.78, 5) is 18.8. The number of anilines is 1. The molecule has 10 nitrogen and oxygen atoms in total. The lowest BCUT2D eigenvalue weighted by atomic mass is 10.1. The van der Waals surface area contributed by atoms with Crippen LogP contribution < -0.4 is 5.32 Å². The molecule has 0 spiro atoms. The molecular weight excluding hydrogens is 551 g/mol. The van der Waals surface area contributed by atoms with Crippen LogP contribution in [0.1, 0.15) is 26.7 Å². The number of sulfonamides is 1. The van der Waals surface area contributed by atoms with Crippen LogP contribution >= 0.6 is 11.8 Å². The molecule has 1 N–H and O–H groups in total. The zero-order valence-electron chi connectivity index (χ0n) is 23.8. The van der Waals surface area contributed by atoms with Crippen LogP contribution in [0.2, 0.25) is 25.7 Å². The van der Waals surface area contributed by atoms with E-state index in [1.165, 1.54) is 11.8 Å². The van der Waals surface area contributed by atoms with E-state index in [4.69, 9.17) is 19.7 Å². The zero-order valence-corrected chi connectivity index (χ0v) is 26.5. The van der Waals surface area contributed by atoms with Crippen molar-refractivity contribution < 1.29 is 13.2 Å². The summed E-state index contributed by atoms with van der Waals surface area (Å²) in [5.74, 6) is 0.888. The van der Waals surface area contributed by atoms with Crippen LogP contribution in [-0.2, 0) is 21.5 Å². The third kappa shape index (κ3) is 8.00. The van der Waals surface area contributed by atoms with Crippen molar-refractivity contribution in [1.82, 2.24) is 28.8 Å². The van der Waals surface area contributed by atoms with Gasteiger partial charge in [-0.1, -0.05) is 45.3 Å². The fraction of sp³-hybridized carbons (Fsp3) is 0.615. The minimum absolute atomic E-state index is 0.0601. The highest BCUT2D eigenvalue weighted by atomic mass is 32.2. The largest absolute Gasteiger partial charge is 0.365 e. The molecule has 1 fully saturated rings. The Labute approximate surface area is 237 Å². The van der Waals surface area contributed by atoms with Crippen molar-refractivity contribution in [3.8, 4) is 11.3 Å². The van der Waals surface area contributed by atoms with Crippen LogP contribution in [-0.4, -0.2) is 83.0 Å². The van der Waals surface area contributed by atoms with Gasteiger partial charge in [0.15, 0.2) is 10.8 Å². The number of ether oxygens (including phenoxy) is 1. The van der Waals surface area contributed by atoms with Crippen molar-refractivity contribution in [2.75, 3.05) is 37.0 Å². The van der Waals surface area contributed by atoms with Crippen molar-refractivity contribution in [3.63, 3.8) is 0 Å². The number of hydrogen-bond acceptors (Lipinski definition) is 9. The number of fused-ring (bicyclic) bond motifs is 1. The smallest absolute Gasteiger partial charge is 0.214 e. The number of nitrogens with one attached hydrogen (secondary N) is 1. The second kappa shape index (κ2) is 12.6. The van der Waals surface area contributed by atoms with Gasteiger partial charge in [0.25, 0.3) is 0 Å². The van der Waals surface area contributed by atoms with E-state index in [9.17, 15) is 8.42 Å². The van der Waals surface area contributed by atoms with E-state index >= 15 is 0 Å². The molecule has 1 aliphatic heterocycles. The quantitative estimate of drug-likeness (QED) is 0.137. The molecule has 0 aliphatic carbocycles. The van der Waals surface area contributed by atoms with Gasteiger partial charge in [0.1, 0.15) is 18.1 Å². The molecule has 1 saturated heterocycles. The molecular formula is C26H41N7O3S2Si. The second-order valence-electron chi connectivity index (χ2n) is 11.7. The van der Waals surface area contributed by atoms with Crippen molar-refractivity contribution in [1.29, 1.82) is 0 Å². The van der Waals surface area contributed by atoms with E-state index in [0.717, 1.165) is 42.2 Å². The van der Waals surface area contributed by atoms with E-state index in [0.29, 0.717) is 36.5 Å². The summed E-state index contributed by atoms with van der Waals surface area (Å²) in [5.41, 5.74) is 2.93. The highest BCUT2D eigenvalue weighted by Gasteiger charge is 2.30. The molecule has 4 rings (SSSR count). The molecule has 13 heteroatoms. The Balaban J connectivity index is 1.53. The molecule has 39 heavy (non-hydrogen) atoms. The fourth-order valence-electron chi connectivity index (χ4n) is 4.53. The third-order valence-corrected chi connectivity index (χ3v) is 11.1. The van der Waals surface area contributed by atoms with E-state index in [2.05, 4.69) is 29.9 Å². The first kappa shape index (κ1) is 29.9. The topological polar surface area (TPSA) is 115 Å². The molecule has 0 bridgehead atoms. The number of hydrogen-bond donors (Lipinski definition) is 1. The van der Waals surface area contributed by atoms with Crippen molar-refractivity contribution in [2.24, 2.45) is 5.92 Å². The first-order chi connectivity index (χ1) is 18.4. The predicted octanol–water partition coefficient (Wildman–Crippen LogP) is 4.78. The van der Waals surface area contributed by atoms with Gasteiger partial charge in [0.05, 0.1) is 23.2 Å². The van der Waals surface area contributed by atoms with E-state index in [1.807, 2.05) is 36.9 Å². The van der Waals surface area contributed by atoms with Crippen LogP contribution in [0.25, 0.3) is 22.4 Å².